The number of aromatic nitrogens is 2. The van der Waals surface area contributed by atoms with Crippen molar-refractivity contribution in [2.24, 2.45) is 0 Å². The van der Waals surface area contributed by atoms with E-state index in [-0.39, 0.29) is 18.1 Å². The molecule has 1 atom stereocenters. The molecule has 96 valence electrons. The summed E-state index contributed by atoms with van der Waals surface area (Å²) in [5.74, 6) is 0.903. The topological polar surface area (TPSA) is 49.2 Å². The number of hydrogen-bond acceptors (Lipinski definition) is 5. The van der Waals surface area contributed by atoms with E-state index in [0.29, 0.717) is 0 Å². The van der Waals surface area contributed by atoms with Crippen LogP contribution in [0, 0.1) is 0 Å². The van der Waals surface area contributed by atoms with E-state index in [4.69, 9.17) is 0 Å². The van der Waals surface area contributed by atoms with Gasteiger partial charge in [0.2, 0.25) is 5.13 Å². The predicted octanol–water partition coefficient (Wildman–Crippen LogP) is 2.19. The lowest BCUT2D eigenvalue weighted by atomic mass is 9.96. The van der Waals surface area contributed by atoms with E-state index in [0.717, 1.165) is 23.9 Å². The Morgan fingerprint density at radius 3 is 2.76 bits per heavy atom. The largest absolute Gasteiger partial charge is 0.394 e. The van der Waals surface area contributed by atoms with Crippen LogP contribution in [0.5, 0.6) is 0 Å². The monoisotopic (exact) mass is 255 g/mol. The normalized spacial score (nSPS) is 21.9. The van der Waals surface area contributed by atoms with Crippen LogP contribution in [0.3, 0.4) is 0 Å². The smallest absolute Gasteiger partial charge is 0.205 e. The fraction of sp³-hybridized carbons (Fsp3) is 0.833. The number of piperidine rings is 1. The first-order valence-corrected chi connectivity index (χ1v) is 7.01. The molecular weight excluding hydrogens is 234 g/mol. The van der Waals surface area contributed by atoms with Crippen LogP contribution in [0.25, 0.3) is 0 Å². The van der Waals surface area contributed by atoms with Gasteiger partial charge in [-0.2, -0.15) is 4.37 Å². The molecule has 4 nitrogen and oxygen atoms in total. The number of hydrogen-bond donors (Lipinski definition) is 1. The quantitative estimate of drug-likeness (QED) is 0.880. The highest BCUT2D eigenvalue weighted by atomic mass is 32.1. The summed E-state index contributed by atoms with van der Waals surface area (Å²) in [5, 5.41) is 10.4. The first-order chi connectivity index (χ1) is 8.02. The van der Waals surface area contributed by atoms with Gasteiger partial charge in [-0.25, -0.2) is 4.98 Å². The first-order valence-electron chi connectivity index (χ1n) is 6.24. The average molecular weight is 255 g/mol. The molecule has 1 aromatic rings. The van der Waals surface area contributed by atoms with Crippen LogP contribution in [0.4, 0.5) is 5.13 Å². The van der Waals surface area contributed by atoms with Crippen LogP contribution in [0.1, 0.15) is 45.9 Å². The molecule has 1 aliphatic heterocycles. The number of rotatable bonds is 2. The molecule has 2 heterocycles. The Morgan fingerprint density at radius 1 is 1.41 bits per heavy atom. The van der Waals surface area contributed by atoms with Gasteiger partial charge in [-0.1, -0.05) is 20.8 Å². The molecule has 1 aromatic heterocycles. The highest BCUT2D eigenvalue weighted by Crippen LogP contribution is 2.29. The SMILES string of the molecule is CC(C)(C)c1nsc(N2CCCCC2CO)n1. The summed E-state index contributed by atoms with van der Waals surface area (Å²) in [6, 6.07) is 0.226. The summed E-state index contributed by atoms with van der Waals surface area (Å²) >= 11 is 1.46. The second kappa shape index (κ2) is 4.90. The molecule has 1 unspecified atom stereocenters. The van der Waals surface area contributed by atoms with Gasteiger partial charge in [-0.15, -0.1) is 0 Å². The van der Waals surface area contributed by atoms with Crippen LogP contribution in [-0.4, -0.2) is 33.7 Å². The average Bonchev–Trinajstić information content (AvgIpc) is 2.77. The Morgan fingerprint density at radius 2 is 2.18 bits per heavy atom. The molecule has 0 saturated carbocycles. The van der Waals surface area contributed by atoms with E-state index in [1.165, 1.54) is 24.4 Å². The zero-order chi connectivity index (χ0) is 12.5. The number of aliphatic hydroxyl groups is 1. The molecule has 0 aromatic carbocycles. The Kier molecular flexibility index (Phi) is 3.68. The van der Waals surface area contributed by atoms with Gasteiger partial charge in [-0.05, 0) is 19.3 Å². The van der Waals surface area contributed by atoms with Gasteiger partial charge in [0, 0.05) is 23.5 Å². The van der Waals surface area contributed by atoms with Gasteiger partial charge in [-0.3, -0.25) is 0 Å². The van der Waals surface area contributed by atoms with Crippen LogP contribution in [0.15, 0.2) is 0 Å². The van der Waals surface area contributed by atoms with Crippen molar-refractivity contribution in [3.8, 4) is 0 Å². The van der Waals surface area contributed by atoms with E-state index >= 15 is 0 Å². The molecule has 0 bridgehead atoms. The zero-order valence-electron chi connectivity index (χ0n) is 10.8. The molecule has 1 saturated heterocycles. The van der Waals surface area contributed by atoms with Gasteiger partial charge in [0.15, 0.2) is 0 Å². The maximum Gasteiger partial charge on any atom is 0.205 e. The second-order valence-corrected chi connectivity index (χ2v) is 6.41. The Bertz CT molecular complexity index is 372. The van der Waals surface area contributed by atoms with Gasteiger partial charge in [0.05, 0.1) is 12.6 Å². The van der Waals surface area contributed by atoms with E-state index in [1.807, 2.05) is 0 Å². The zero-order valence-corrected chi connectivity index (χ0v) is 11.6. The van der Waals surface area contributed by atoms with Gasteiger partial charge in [0.1, 0.15) is 5.82 Å². The fourth-order valence-corrected chi connectivity index (χ4v) is 3.03. The number of nitrogens with zero attached hydrogens (tertiary/aromatic N) is 3. The Balaban J connectivity index is 2.18. The molecule has 1 N–H and O–H groups in total. The van der Waals surface area contributed by atoms with E-state index in [9.17, 15) is 5.11 Å². The lowest BCUT2D eigenvalue weighted by molar-refractivity contribution is 0.240. The lowest BCUT2D eigenvalue weighted by Crippen LogP contribution is -2.41. The summed E-state index contributed by atoms with van der Waals surface area (Å²) in [4.78, 5) is 6.84. The number of anilines is 1. The van der Waals surface area contributed by atoms with E-state index in [2.05, 4.69) is 35.0 Å². The van der Waals surface area contributed by atoms with Gasteiger partial charge >= 0.3 is 0 Å². The van der Waals surface area contributed by atoms with Gasteiger partial charge < -0.3 is 10.0 Å². The van der Waals surface area contributed by atoms with Gasteiger partial charge in [0.25, 0.3) is 0 Å². The standard InChI is InChI=1S/C12H21N3OS/c1-12(2,3)10-13-11(17-14-10)15-7-5-4-6-9(15)8-16/h9,16H,4-8H2,1-3H3. The van der Waals surface area contributed by atoms with Crippen molar-refractivity contribution in [2.75, 3.05) is 18.1 Å². The van der Waals surface area contributed by atoms with Crippen molar-refractivity contribution in [3.63, 3.8) is 0 Å². The van der Waals surface area contributed by atoms with Crippen molar-refractivity contribution in [2.45, 2.75) is 51.5 Å². The summed E-state index contributed by atoms with van der Waals surface area (Å²) in [6.07, 6.45) is 3.44. The van der Waals surface area contributed by atoms with E-state index < -0.39 is 0 Å². The third kappa shape index (κ3) is 2.77. The second-order valence-electron chi connectivity index (χ2n) is 5.68. The predicted molar refractivity (Wildman–Crippen MR) is 70.7 cm³/mol. The van der Waals surface area contributed by atoms with Crippen molar-refractivity contribution >= 4 is 16.7 Å². The molecule has 2 rings (SSSR count). The third-order valence-electron chi connectivity index (χ3n) is 3.17. The maximum absolute atomic E-state index is 9.40. The van der Waals surface area contributed by atoms with Crippen LogP contribution < -0.4 is 4.90 Å². The molecule has 5 heteroatoms. The molecule has 0 aliphatic carbocycles. The Hall–Kier alpha value is -0.680. The highest BCUT2D eigenvalue weighted by Gasteiger charge is 2.27. The van der Waals surface area contributed by atoms with Crippen molar-refractivity contribution in [1.29, 1.82) is 0 Å². The van der Waals surface area contributed by atoms with Crippen LogP contribution in [-0.2, 0) is 5.41 Å². The highest BCUT2D eigenvalue weighted by molar-refractivity contribution is 7.09. The number of aliphatic hydroxyl groups excluding tert-OH is 1. The van der Waals surface area contributed by atoms with Crippen LogP contribution >= 0.6 is 11.5 Å². The molecule has 0 radical (unpaired) electrons. The van der Waals surface area contributed by atoms with Crippen molar-refractivity contribution < 1.29 is 5.11 Å². The minimum atomic E-state index is -0.000746. The van der Waals surface area contributed by atoms with Crippen LogP contribution in [0.2, 0.25) is 0 Å². The minimum Gasteiger partial charge on any atom is -0.394 e. The minimum absolute atomic E-state index is 0.000746. The molecule has 17 heavy (non-hydrogen) atoms. The molecule has 1 fully saturated rings. The summed E-state index contributed by atoms with van der Waals surface area (Å²) in [6.45, 7) is 7.57. The lowest BCUT2D eigenvalue weighted by Gasteiger charge is -2.34. The molecular formula is C12H21N3OS. The molecule has 1 aliphatic rings. The summed E-state index contributed by atoms with van der Waals surface area (Å²) < 4.78 is 4.44. The van der Waals surface area contributed by atoms with Crippen molar-refractivity contribution in [3.05, 3.63) is 5.82 Å². The first kappa shape index (κ1) is 12.8. The molecule has 0 spiro atoms. The summed E-state index contributed by atoms with van der Waals surface area (Å²) in [5.41, 5.74) is -0.000746. The fourth-order valence-electron chi connectivity index (χ4n) is 2.08. The third-order valence-corrected chi connectivity index (χ3v) is 3.92. The van der Waals surface area contributed by atoms with Crippen molar-refractivity contribution in [1.82, 2.24) is 9.36 Å². The van der Waals surface area contributed by atoms with E-state index in [1.54, 1.807) is 0 Å². The Labute approximate surface area is 107 Å². The summed E-state index contributed by atoms with van der Waals surface area (Å²) in [7, 11) is 0. The molecule has 0 amide bonds. The maximum atomic E-state index is 9.40.